The number of benzene rings is 1. The predicted molar refractivity (Wildman–Crippen MR) is 79.5 cm³/mol. The second kappa shape index (κ2) is 5.85. The highest BCUT2D eigenvalue weighted by molar-refractivity contribution is 5.94. The van der Waals surface area contributed by atoms with E-state index in [-0.39, 0.29) is 11.9 Å². The Bertz CT molecular complexity index is 558. The maximum Gasteiger partial charge on any atom is 0.249 e. The summed E-state index contributed by atoms with van der Waals surface area (Å²) in [7, 11) is 0. The Morgan fingerprint density at radius 1 is 1.33 bits per heavy atom. The van der Waals surface area contributed by atoms with E-state index in [4.69, 9.17) is 5.73 Å². The molecule has 0 spiro atoms. The van der Waals surface area contributed by atoms with Crippen molar-refractivity contribution in [2.45, 2.75) is 31.8 Å². The zero-order valence-corrected chi connectivity index (χ0v) is 12.0. The summed E-state index contributed by atoms with van der Waals surface area (Å²) >= 11 is 0. The molecule has 5 nitrogen and oxygen atoms in total. The van der Waals surface area contributed by atoms with Crippen molar-refractivity contribution < 1.29 is 9.59 Å². The van der Waals surface area contributed by atoms with Crippen LogP contribution in [0.3, 0.4) is 0 Å². The molecule has 0 radical (unpaired) electrons. The van der Waals surface area contributed by atoms with Crippen molar-refractivity contribution in [3.63, 3.8) is 0 Å². The highest BCUT2D eigenvalue weighted by Crippen LogP contribution is 2.30. The first-order chi connectivity index (χ1) is 10.2. The van der Waals surface area contributed by atoms with E-state index in [2.05, 4.69) is 5.32 Å². The molecule has 3 N–H and O–H groups in total. The van der Waals surface area contributed by atoms with Gasteiger partial charge in [0.05, 0.1) is 0 Å². The summed E-state index contributed by atoms with van der Waals surface area (Å²) in [4.78, 5) is 25.8. The van der Waals surface area contributed by atoms with Crippen LogP contribution in [-0.2, 0) is 11.3 Å². The number of nitrogens with zero attached hydrogens (tertiary/aromatic N) is 1. The van der Waals surface area contributed by atoms with Crippen LogP contribution in [0, 0.1) is 5.92 Å². The third-order valence-corrected chi connectivity index (χ3v) is 4.64. The lowest BCUT2D eigenvalue weighted by Crippen LogP contribution is -2.54. The fourth-order valence-electron chi connectivity index (χ4n) is 3.54. The smallest absolute Gasteiger partial charge is 0.249 e. The van der Waals surface area contributed by atoms with E-state index < -0.39 is 5.91 Å². The van der Waals surface area contributed by atoms with Crippen LogP contribution in [0.25, 0.3) is 0 Å². The Morgan fingerprint density at radius 3 is 2.95 bits per heavy atom. The number of rotatable bonds is 3. The molecule has 1 aromatic carbocycles. The van der Waals surface area contributed by atoms with Crippen molar-refractivity contribution in [3.05, 3.63) is 35.4 Å². The van der Waals surface area contributed by atoms with Crippen molar-refractivity contribution in [2.24, 2.45) is 11.7 Å². The van der Waals surface area contributed by atoms with Crippen LogP contribution in [0.5, 0.6) is 0 Å². The van der Waals surface area contributed by atoms with Gasteiger partial charge in [0.2, 0.25) is 11.8 Å². The Kier molecular flexibility index (Phi) is 3.92. The molecule has 5 heteroatoms. The molecule has 2 fully saturated rings. The normalized spacial score (nSPS) is 25.5. The van der Waals surface area contributed by atoms with Gasteiger partial charge in [-0.25, -0.2) is 0 Å². The monoisotopic (exact) mass is 287 g/mol. The van der Waals surface area contributed by atoms with Gasteiger partial charge in [-0.3, -0.25) is 9.59 Å². The van der Waals surface area contributed by atoms with Crippen molar-refractivity contribution >= 4 is 11.8 Å². The average Bonchev–Trinajstić information content (AvgIpc) is 2.50. The summed E-state index contributed by atoms with van der Waals surface area (Å²) in [6.07, 6.45) is 2.54. The average molecular weight is 287 g/mol. The first-order valence-electron chi connectivity index (χ1n) is 7.54. The largest absolute Gasteiger partial charge is 0.366 e. The number of nitrogens with one attached hydrogen (secondary N) is 1. The second-order valence-electron chi connectivity index (χ2n) is 5.90. The van der Waals surface area contributed by atoms with Gasteiger partial charge in [-0.2, -0.15) is 0 Å². The Balaban J connectivity index is 1.85. The number of likely N-dealkylation sites (tertiary alicyclic amines) is 1. The fraction of sp³-hybridized carbons (Fsp3) is 0.500. The third-order valence-electron chi connectivity index (χ3n) is 4.64. The number of carbonyl (C=O) groups is 2. The first kappa shape index (κ1) is 14.1. The molecule has 0 aromatic heterocycles. The van der Waals surface area contributed by atoms with Gasteiger partial charge in [0.25, 0.3) is 0 Å². The number of amides is 2. The molecular weight excluding hydrogens is 266 g/mol. The molecule has 2 unspecified atom stereocenters. The standard InChI is InChI=1S/C16H21N3O2/c17-16(21)13-4-2-1-3-12(13)10-19-14-7-8-18-9-11(14)5-6-15(19)20/h1-4,11,14,18H,5-10H2,(H2,17,21). The van der Waals surface area contributed by atoms with Gasteiger partial charge >= 0.3 is 0 Å². The van der Waals surface area contributed by atoms with Crippen molar-refractivity contribution in [1.82, 2.24) is 10.2 Å². The third kappa shape index (κ3) is 2.78. The van der Waals surface area contributed by atoms with Gasteiger partial charge in [0, 0.05) is 24.6 Å². The summed E-state index contributed by atoms with van der Waals surface area (Å²) in [5.74, 6) is 0.284. The lowest BCUT2D eigenvalue weighted by Gasteiger charge is -2.44. The molecule has 0 bridgehead atoms. The van der Waals surface area contributed by atoms with Crippen molar-refractivity contribution in [1.29, 1.82) is 0 Å². The van der Waals surface area contributed by atoms with E-state index in [1.807, 2.05) is 17.0 Å². The molecule has 112 valence electrons. The van der Waals surface area contributed by atoms with Crippen LogP contribution in [0.2, 0.25) is 0 Å². The SMILES string of the molecule is NC(=O)c1ccccc1CN1C(=O)CCC2CNCCC21. The highest BCUT2D eigenvalue weighted by atomic mass is 16.2. The lowest BCUT2D eigenvalue weighted by molar-refractivity contribution is -0.140. The van der Waals surface area contributed by atoms with E-state index in [1.165, 1.54) is 0 Å². The van der Waals surface area contributed by atoms with Gasteiger partial charge < -0.3 is 16.0 Å². The fourth-order valence-corrected chi connectivity index (χ4v) is 3.54. The molecule has 2 aliphatic rings. The summed E-state index contributed by atoms with van der Waals surface area (Å²) < 4.78 is 0. The zero-order valence-electron chi connectivity index (χ0n) is 12.0. The van der Waals surface area contributed by atoms with Gasteiger partial charge in [0.15, 0.2) is 0 Å². The van der Waals surface area contributed by atoms with Crippen LogP contribution in [-0.4, -0.2) is 35.8 Å². The molecular formula is C16H21N3O2. The Labute approximate surface area is 124 Å². The summed E-state index contributed by atoms with van der Waals surface area (Å²) in [5, 5.41) is 3.40. The molecule has 3 rings (SSSR count). The van der Waals surface area contributed by atoms with Gasteiger partial charge in [-0.15, -0.1) is 0 Å². The number of piperidine rings is 2. The van der Waals surface area contributed by atoms with Crippen molar-refractivity contribution in [3.8, 4) is 0 Å². The van der Waals surface area contributed by atoms with Crippen molar-refractivity contribution in [2.75, 3.05) is 13.1 Å². The summed E-state index contributed by atoms with van der Waals surface area (Å²) in [6.45, 7) is 2.41. The van der Waals surface area contributed by atoms with Crippen LogP contribution >= 0.6 is 0 Å². The molecule has 2 atom stereocenters. The van der Waals surface area contributed by atoms with Crippen LogP contribution in [0.1, 0.15) is 35.2 Å². The van der Waals surface area contributed by atoms with E-state index >= 15 is 0 Å². The molecule has 0 saturated carbocycles. The van der Waals surface area contributed by atoms with Crippen LogP contribution in [0.15, 0.2) is 24.3 Å². The number of primary amides is 1. The highest BCUT2D eigenvalue weighted by Gasteiger charge is 2.37. The van der Waals surface area contributed by atoms with E-state index in [9.17, 15) is 9.59 Å². The quantitative estimate of drug-likeness (QED) is 0.867. The molecule has 2 aliphatic heterocycles. The van der Waals surface area contributed by atoms with E-state index in [0.717, 1.165) is 31.5 Å². The second-order valence-corrected chi connectivity index (χ2v) is 5.90. The number of hydrogen-bond acceptors (Lipinski definition) is 3. The van der Waals surface area contributed by atoms with E-state index in [0.29, 0.717) is 24.4 Å². The van der Waals surface area contributed by atoms with Gasteiger partial charge in [-0.1, -0.05) is 18.2 Å². The topological polar surface area (TPSA) is 75.4 Å². The van der Waals surface area contributed by atoms with Crippen LogP contribution in [0.4, 0.5) is 0 Å². The minimum absolute atomic E-state index is 0.192. The molecule has 0 aliphatic carbocycles. The van der Waals surface area contributed by atoms with Gasteiger partial charge in [0.1, 0.15) is 0 Å². The molecule has 2 heterocycles. The minimum Gasteiger partial charge on any atom is -0.366 e. The number of fused-ring (bicyclic) bond motifs is 1. The summed E-state index contributed by atoms with van der Waals surface area (Å²) in [6, 6.07) is 7.59. The maximum atomic E-state index is 12.3. The molecule has 2 amide bonds. The zero-order chi connectivity index (χ0) is 14.8. The predicted octanol–water partition coefficient (Wildman–Crippen LogP) is 0.886. The minimum atomic E-state index is -0.433. The molecule has 21 heavy (non-hydrogen) atoms. The number of nitrogens with two attached hydrogens (primary N) is 1. The molecule has 2 saturated heterocycles. The maximum absolute atomic E-state index is 12.3. The Hall–Kier alpha value is -1.88. The number of carbonyl (C=O) groups excluding carboxylic acids is 2. The van der Waals surface area contributed by atoms with Gasteiger partial charge in [-0.05, 0) is 43.5 Å². The molecule has 1 aromatic rings. The first-order valence-corrected chi connectivity index (χ1v) is 7.54. The van der Waals surface area contributed by atoms with E-state index in [1.54, 1.807) is 12.1 Å². The number of hydrogen-bond donors (Lipinski definition) is 2. The lowest BCUT2D eigenvalue weighted by atomic mass is 9.84. The summed E-state index contributed by atoms with van der Waals surface area (Å²) in [5.41, 5.74) is 6.79. The Morgan fingerprint density at radius 2 is 2.14 bits per heavy atom. The van der Waals surface area contributed by atoms with Crippen LogP contribution < -0.4 is 11.1 Å².